The van der Waals surface area contributed by atoms with E-state index in [2.05, 4.69) is 24.6 Å². The lowest BCUT2D eigenvalue weighted by molar-refractivity contribution is 0.446. The van der Waals surface area contributed by atoms with Gasteiger partial charge in [-0.15, -0.1) is 0 Å². The molecule has 0 unspecified atom stereocenters. The molecule has 1 saturated carbocycles. The largest absolute Gasteiger partial charge is 0.331 e. The lowest BCUT2D eigenvalue weighted by Gasteiger charge is -2.22. The summed E-state index contributed by atoms with van der Waals surface area (Å²) >= 11 is 0. The fourth-order valence-electron chi connectivity index (χ4n) is 3.22. The molecule has 0 saturated heterocycles. The van der Waals surface area contributed by atoms with Crippen LogP contribution >= 0.6 is 0 Å². The number of rotatable bonds is 1. The fourth-order valence-corrected chi connectivity index (χ4v) is 3.22. The Morgan fingerprint density at radius 3 is 2.72 bits per heavy atom. The number of aryl methyl sites for hydroxylation is 1. The van der Waals surface area contributed by atoms with Crippen molar-refractivity contribution in [3.63, 3.8) is 0 Å². The first-order valence-corrected chi connectivity index (χ1v) is 6.52. The van der Waals surface area contributed by atoms with Gasteiger partial charge in [0.1, 0.15) is 17.4 Å². The molecular formula is C15H17N3. The molecule has 1 aromatic heterocycles. The summed E-state index contributed by atoms with van der Waals surface area (Å²) in [7, 11) is 2.06. The number of aromatic nitrogens is 2. The van der Waals surface area contributed by atoms with Crippen LogP contribution in [0.2, 0.25) is 0 Å². The van der Waals surface area contributed by atoms with Gasteiger partial charge in [-0.1, -0.05) is 25.8 Å². The van der Waals surface area contributed by atoms with Gasteiger partial charge >= 0.3 is 0 Å². The molecule has 3 nitrogen and oxygen atoms in total. The molecule has 3 rings (SSSR count). The molecular weight excluding hydrogens is 222 g/mol. The summed E-state index contributed by atoms with van der Waals surface area (Å²) < 4.78 is 2.17. The molecule has 0 radical (unpaired) electrons. The fraction of sp³-hybridized carbons (Fsp3) is 0.467. The van der Waals surface area contributed by atoms with Crippen LogP contribution in [0, 0.1) is 11.3 Å². The second-order valence-corrected chi connectivity index (χ2v) is 5.55. The molecule has 1 fully saturated rings. The number of nitrogens with zero attached hydrogens (tertiary/aromatic N) is 3. The van der Waals surface area contributed by atoms with Gasteiger partial charge in [0.05, 0.1) is 11.1 Å². The zero-order valence-corrected chi connectivity index (χ0v) is 10.9. The number of fused-ring (bicyclic) bond motifs is 1. The SMILES string of the molecule is Cn1c(C2(C)CCCC2)nc2c(C#N)cccc21. The highest BCUT2D eigenvalue weighted by Gasteiger charge is 2.35. The molecule has 0 N–H and O–H groups in total. The number of nitriles is 1. The Bertz CT molecular complexity index is 640. The van der Waals surface area contributed by atoms with Gasteiger partial charge < -0.3 is 4.57 Å². The number of hydrogen-bond donors (Lipinski definition) is 0. The molecule has 0 amide bonds. The Labute approximate surface area is 107 Å². The van der Waals surface area contributed by atoms with Gasteiger partial charge in [-0.25, -0.2) is 4.98 Å². The van der Waals surface area contributed by atoms with Gasteiger partial charge in [-0.3, -0.25) is 0 Å². The molecule has 0 bridgehead atoms. The number of hydrogen-bond acceptors (Lipinski definition) is 2. The predicted molar refractivity (Wildman–Crippen MR) is 71.2 cm³/mol. The zero-order chi connectivity index (χ0) is 12.8. The van der Waals surface area contributed by atoms with Crippen LogP contribution in [0.5, 0.6) is 0 Å². The molecule has 1 aliphatic rings. The highest BCUT2D eigenvalue weighted by atomic mass is 15.1. The van der Waals surface area contributed by atoms with Crippen molar-refractivity contribution in [3.05, 3.63) is 29.6 Å². The van der Waals surface area contributed by atoms with Crippen LogP contribution in [-0.4, -0.2) is 9.55 Å². The third-order valence-corrected chi connectivity index (χ3v) is 4.28. The summed E-state index contributed by atoms with van der Waals surface area (Å²) in [5.74, 6) is 1.14. The Kier molecular flexibility index (Phi) is 2.41. The average molecular weight is 239 g/mol. The van der Waals surface area contributed by atoms with Gasteiger partial charge in [-0.05, 0) is 25.0 Å². The van der Waals surface area contributed by atoms with E-state index >= 15 is 0 Å². The minimum absolute atomic E-state index is 0.181. The Hall–Kier alpha value is -1.82. The quantitative estimate of drug-likeness (QED) is 0.766. The van der Waals surface area contributed by atoms with E-state index in [0.29, 0.717) is 5.56 Å². The first-order chi connectivity index (χ1) is 8.65. The van der Waals surface area contributed by atoms with Gasteiger partial charge in [-0.2, -0.15) is 5.26 Å². The summed E-state index contributed by atoms with van der Waals surface area (Å²) in [4.78, 5) is 4.78. The standard InChI is InChI=1S/C15H17N3/c1-15(8-3-4-9-15)14-17-13-11(10-16)6-5-7-12(13)18(14)2/h5-7H,3-4,8-9H2,1-2H3. The first-order valence-electron chi connectivity index (χ1n) is 6.52. The van der Waals surface area contributed by atoms with Crippen LogP contribution in [0.25, 0.3) is 11.0 Å². The van der Waals surface area contributed by atoms with Gasteiger partial charge in [0, 0.05) is 12.5 Å². The maximum atomic E-state index is 9.17. The van der Waals surface area contributed by atoms with Crippen LogP contribution in [0.3, 0.4) is 0 Å². The van der Waals surface area contributed by atoms with Crippen LogP contribution in [0.1, 0.15) is 44.0 Å². The lowest BCUT2D eigenvalue weighted by Crippen LogP contribution is -2.21. The molecule has 2 aromatic rings. The average Bonchev–Trinajstić information content (AvgIpc) is 2.95. The Balaban J connectivity index is 2.26. The highest BCUT2D eigenvalue weighted by Crippen LogP contribution is 2.40. The van der Waals surface area contributed by atoms with Crippen LogP contribution in [-0.2, 0) is 12.5 Å². The maximum absolute atomic E-state index is 9.17. The van der Waals surface area contributed by atoms with Crippen molar-refractivity contribution in [3.8, 4) is 6.07 Å². The Morgan fingerprint density at radius 2 is 2.06 bits per heavy atom. The molecule has 0 aliphatic heterocycles. The normalized spacial score (nSPS) is 18.1. The minimum atomic E-state index is 0.181. The van der Waals surface area contributed by atoms with E-state index in [0.717, 1.165) is 16.9 Å². The van der Waals surface area contributed by atoms with Gasteiger partial charge in [0.2, 0.25) is 0 Å². The van der Waals surface area contributed by atoms with Crippen molar-refractivity contribution in [1.82, 2.24) is 9.55 Å². The topological polar surface area (TPSA) is 41.6 Å². The van der Waals surface area contributed by atoms with E-state index < -0.39 is 0 Å². The van der Waals surface area contributed by atoms with Crippen molar-refractivity contribution >= 4 is 11.0 Å². The smallest absolute Gasteiger partial charge is 0.115 e. The van der Waals surface area contributed by atoms with E-state index in [9.17, 15) is 0 Å². The van der Waals surface area contributed by atoms with Crippen molar-refractivity contribution in [2.75, 3.05) is 0 Å². The second kappa shape index (κ2) is 3.84. The van der Waals surface area contributed by atoms with Crippen molar-refractivity contribution in [2.45, 2.75) is 38.0 Å². The number of imidazole rings is 1. The molecule has 18 heavy (non-hydrogen) atoms. The van der Waals surface area contributed by atoms with E-state index in [1.54, 1.807) is 0 Å². The van der Waals surface area contributed by atoms with Crippen LogP contribution in [0.15, 0.2) is 18.2 Å². The molecule has 1 heterocycles. The van der Waals surface area contributed by atoms with Crippen LogP contribution < -0.4 is 0 Å². The molecule has 0 spiro atoms. The summed E-state index contributed by atoms with van der Waals surface area (Å²) in [5, 5.41) is 9.17. The number of benzene rings is 1. The van der Waals surface area contributed by atoms with Gasteiger partial charge in [0.25, 0.3) is 0 Å². The van der Waals surface area contributed by atoms with E-state index in [1.165, 1.54) is 25.7 Å². The third-order valence-electron chi connectivity index (χ3n) is 4.28. The highest BCUT2D eigenvalue weighted by molar-refractivity contribution is 5.82. The van der Waals surface area contributed by atoms with E-state index in [1.807, 2.05) is 18.2 Å². The molecule has 0 atom stereocenters. The minimum Gasteiger partial charge on any atom is -0.331 e. The molecule has 3 heteroatoms. The molecule has 1 aliphatic carbocycles. The van der Waals surface area contributed by atoms with E-state index in [-0.39, 0.29) is 5.41 Å². The van der Waals surface area contributed by atoms with Gasteiger partial charge in [0.15, 0.2) is 0 Å². The summed E-state index contributed by atoms with van der Waals surface area (Å²) in [6.45, 7) is 2.30. The number of para-hydroxylation sites is 1. The predicted octanol–water partition coefficient (Wildman–Crippen LogP) is 3.28. The van der Waals surface area contributed by atoms with E-state index in [4.69, 9.17) is 10.2 Å². The van der Waals surface area contributed by atoms with Crippen LogP contribution in [0.4, 0.5) is 0 Å². The summed E-state index contributed by atoms with van der Waals surface area (Å²) in [6, 6.07) is 8.06. The summed E-state index contributed by atoms with van der Waals surface area (Å²) in [6.07, 6.45) is 4.97. The van der Waals surface area contributed by atoms with Crippen molar-refractivity contribution in [2.24, 2.45) is 7.05 Å². The molecule has 92 valence electrons. The van der Waals surface area contributed by atoms with Crippen molar-refractivity contribution in [1.29, 1.82) is 5.26 Å². The zero-order valence-electron chi connectivity index (χ0n) is 10.9. The monoisotopic (exact) mass is 239 g/mol. The van der Waals surface area contributed by atoms with Crippen molar-refractivity contribution < 1.29 is 0 Å². The maximum Gasteiger partial charge on any atom is 0.115 e. The lowest BCUT2D eigenvalue weighted by atomic mass is 9.88. The first kappa shape index (κ1) is 11.3. The second-order valence-electron chi connectivity index (χ2n) is 5.55. The summed E-state index contributed by atoms with van der Waals surface area (Å²) in [5.41, 5.74) is 2.78. The molecule has 1 aromatic carbocycles. The third kappa shape index (κ3) is 1.45. The Morgan fingerprint density at radius 1 is 1.33 bits per heavy atom.